The second-order valence-corrected chi connectivity index (χ2v) is 7.23. The molecule has 1 fully saturated rings. The summed E-state index contributed by atoms with van der Waals surface area (Å²) in [5.74, 6) is 0.193. The molecule has 3 nitrogen and oxygen atoms in total. The number of rotatable bonds is 5. The Balaban J connectivity index is 1.58. The summed E-state index contributed by atoms with van der Waals surface area (Å²) in [7, 11) is 0. The van der Waals surface area contributed by atoms with Crippen LogP contribution in [0, 0.1) is 0 Å². The van der Waals surface area contributed by atoms with Crippen molar-refractivity contribution in [3.05, 3.63) is 77.9 Å². The van der Waals surface area contributed by atoms with E-state index >= 15 is 0 Å². The zero-order valence-electron chi connectivity index (χ0n) is 15.1. The van der Waals surface area contributed by atoms with Crippen molar-refractivity contribution in [3.8, 4) is 0 Å². The SMILES string of the molecule is CC(c1ccc2ccccc2c1)N(C(=O)Cc1ccc(N)cc1)C1CC1. The Kier molecular flexibility index (Phi) is 4.37. The van der Waals surface area contributed by atoms with E-state index in [0.717, 1.165) is 24.1 Å². The summed E-state index contributed by atoms with van der Waals surface area (Å²) in [6.07, 6.45) is 2.63. The fourth-order valence-electron chi connectivity index (χ4n) is 3.62. The molecule has 1 atom stereocenters. The lowest BCUT2D eigenvalue weighted by molar-refractivity contribution is -0.133. The van der Waals surface area contributed by atoms with Crippen molar-refractivity contribution < 1.29 is 4.79 Å². The topological polar surface area (TPSA) is 46.3 Å². The van der Waals surface area contributed by atoms with Gasteiger partial charge in [0.25, 0.3) is 0 Å². The van der Waals surface area contributed by atoms with Crippen LogP contribution in [0.25, 0.3) is 10.8 Å². The molecular formula is C23H24N2O. The van der Waals surface area contributed by atoms with E-state index in [2.05, 4.69) is 54.3 Å². The van der Waals surface area contributed by atoms with Gasteiger partial charge < -0.3 is 10.6 Å². The van der Waals surface area contributed by atoms with Gasteiger partial charge >= 0.3 is 0 Å². The third-order valence-electron chi connectivity index (χ3n) is 5.24. The van der Waals surface area contributed by atoms with Crippen molar-refractivity contribution >= 4 is 22.4 Å². The smallest absolute Gasteiger partial charge is 0.227 e. The average Bonchev–Trinajstić information content (AvgIpc) is 3.48. The molecule has 0 saturated heterocycles. The molecule has 26 heavy (non-hydrogen) atoms. The van der Waals surface area contributed by atoms with Gasteiger partial charge in [-0.25, -0.2) is 0 Å². The molecule has 0 aliphatic heterocycles. The second kappa shape index (κ2) is 6.83. The lowest BCUT2D eigenvalue weighted by atomic mass is 10.0. The fraction of sp³-hybridized carbons (Fsp3) is 0.261. The van der Waals surface area contributed by atoms with E-state index in [4.69, 9.17) is 5.73 Å². The average molecular weight is 344 g/mol. The maximum absolute atomic E-state index is 13.1. The van der Waals surface area contributed by atoms with Crippen LogP contribution in [-0.4, -0.2) is 16.8 Å². The van der Waals surface area contributed by atoms with Crippen LogP contribution in [0.15, 0.2) is 66.7 Å². The first-order valence-corrected chi connectivity index (χ1v) is 9.26. The number of carbonyl (C=O) groups is 1. The Labute approximate surface area is 154 Å². The predicted octanol–water partition coefficient (Wildman–Crippen LogP) is 4.72. The summed E-state index contributed by atoms with van der Waals surface area (Å²) in [6.45, 7) is 2.14. The van der Waals surface area contributed by atoms with Crippen molar-refractivity contribution in [2.75, 3.05) is 5.73 Å². The Hall–Kier alpha value is -2.81. The minimum atomic E-state index is 0.0772. The zero-order chi connectivity index (χ0) is 18.1. The normalized spacial score (nSPS) is 15.0. The quantitative estimate of drug-likeness (QED) is 0.681. The maximum Gasteiger partial charge on any atom is 0.227 e. The Morgan fingerprint density at radius 3 is 2.42 bits per heavy atom. The van der Waals surface area contributed by atoms with Gasteiger partial charge in [-0.3, -0.25) is 4.79 Å². The van der Waals surface area contributed by atoms with Crippen molar-refractivity contribution in [1.29, 1.82) is 0 Å². The summed E-state index contributed by atoms with van der Waals surface area (Å²) >= 11 is 0. The number of anilines is 1. The van der Waals surface area contributed by atoms with Gasteiger partial charge in [-0.15, -0.1) is 0 Å². The molecule has 1 aliphatic rings. The lowest BCUT2D eigenvalue weighted by Crippen LogP contribution is -2.36. The molecule has 0 heterocycles. The first-order chi connectivity index (χ1) is 12.6. The van der Waals surface area contributed by atoms with Gasteiger partial charge in [0.1, 0.15) is 0 Å². The largest absolute Gasteiger partial charge is 0.399 e. The highest BCUT2D eigenvalue weighted by Gasteiger charge is 2.36. The third kappa shape index (κ3) is 3.43. The van der Waals surface area contributed by atoms with Crippen LogP contribution in [0.4, 0.5) is 5.69 Å². The summed E-state index contributed by atoms with van der Waals surface area (Å²) in [5, 5.41) is 2.45. The van der Waals surface area contributed by atoms with E-state index in [1.807, 2.05) is 24.3 Å². The highest BCUT2D eigenvalue weighted by molar-refractivity contribution is 5.84. The Morgan fingerprint density at radius 2 is 1.73 bits per heavy atom. The Morgan fingerprint density at radius 1 is 1.04 bits per heavy atom. The van der Waals surface area contributed by atoms with Crippen molar-refractivity contribution in [2.24, 2.45) is 0 Å². The number of hydrogen-bond donors (Lipinski definition) is 1. The number of nitrogens with two attached hydrogens (primary N) is 1. The molecule has 1 saturated carbocycles. The molecule has 3 aromatic rings. The molecule has 3 heteroatoms. The monoisotopic (exact) mass is 344 g/mol. The standard InChI is InChI=1S/C23H24N2O/c1-16(19-9-8-18-4-2-3-5-20(18)15-19)25(22-12-13-22)23(26)14-17-6-10-21(24)11-7-17/h2-11,15-16,22H,12-14,24H2,1H3. The summed E-state index contributed by atoms with van der Waals surface area (Å²) in [5.41, 5.74) is 8.69. The molecule has 3 aromatic carbocycles. The minimum Gasteiger partial charge on any atom is -0.399 e. The summed E-state index contributed by atoms with van der Waals surface area (Å²) in [6, 6.07) is 22.9. The van der Waals surface area contributed by atoms with E-state index in [1.54, 1.807) is 0 Å². The van der Waals surface area contributed by atoms with Crippen LogP contribution in [0.3, 0.4) is 0 Å². The van der Waals surface area contributed by atoms with Crippen LogP contribution < -0.4 is 5.73 Å². The highest BCUT2D eigenvalue weighted by atomic mass is 16.2. The van der Waals surface area contributed by atoms with Gasteiger partial charge in [-0.1, -0.05) is 48.5 Å². The van der Waals surface area contributed by atoms with Gasteiger partial charge in [0.05, 0.1) is 12.5 Å². The van der Waals surface area contributed by atoms with Crippen LogP contribution in [0.2, 0.25) is 0 Å². The van der Waals surface area contributed by atoms with E-state index in [9.17, 15) is 4.79 Å². The van der Waals surface area contributed by atoms with Crippen molar-refractivity contribution in [3.63, 3.8) is 0 Å². The molecule has 2 N–H and O–H groups in total. The number of nitrogens with zero attached hydrogens (tertiary/aromatic N) is 1. The number of amides is 1. The lowest BCUT2D eigenvalue weighted by Gasteiger charge is -2.30. The maximum atomic E-state index is 13.1. The van der Waals surface area contributed by atoms with Gasteiger partial charge in [0.15, 0.2) is 0 Å². The Bertz CT molecular complexity index is 928. The van der Waals surface area contributed by atoms with E-state index in [-0.39, 0.29) is 11.9 Å². The number of fused-ring (bicyclic) bond motifs is 1. The molecule has 132 valence electrons. The van der Waals surface area contributed by atoms with Crippen LogP contribution >= 0.6 is 0 Å². The van der Waals surface area contributed by atoms with Crippen molar-refractivity contribution in [1.82, 2.24) is 4.90 Å². The molecule has 0 bridgehead atoms. The van der Waals surface area contributed by atoms with Gasteiger partial charge in [0, 0.05) is 11.7 Å². The fourth-order valence-corrected chi connectivity index (χ4v) is 3.62. The first kappa shape index (κ1) is 16.6. The number of carbonyl (C=O) groups excluding carboxylic acids is 1. The first-order valence-electron chi connectivity index (χ1n) is 9.26. The summed E-state index contributed by atoms with van der Waals surface area (Å²) < 4.78 is 0. The molecule has 4 rings (SSSR count). The number of hydrogen-bond acceptors (Lipinski definition) is 2. The molecular weight excluding hydrogens is 320 g/mol. The number of nitrogen functional groups attached to an aromatic ring is 1. The van der Waals surface area contributed by atoms with Gasteiger partial charge in [0.2, 0.25) is 5.91 Å². The molecule has 1 aliphatic carbocycles. The van der Waals surface area contributed by atoms with Gasteiger partial charge in [-0.2, -0.15) is 0 Å². The van der Waals surface area contributed by atoms with Crippen molar-refractivity contribution in [2.45, 2.75) is 38.3 Å². The van der Waals surface area contributed by atoms with E-state index < -0.39 is 0 Å². The minimum absolute atomic E-state index is 0.0772. The highest BCUT2D eigenvalue weighted by Crippen LogP contribution is 2.35. The molecule has 0 spiro atoms. The van der Waals surface area contributed by atoms with Crippen LogP contribution in [0.5, 0.6) is 0 Å². The number of benzene rings is 3. The zero-order valence-corrected chi connectivity index (χ0v) is 15.1. The van der Waals surface area contributed by atoms with Crippen LogP contribution in [0.1, 0.15) is 36.9 Å². The van der Waals surface area contributed by atoms with E-state index in [0.29, 0.717) is 12.5 Å². The van der Waals surface area contributed by atoms with E-state index in [1.165, 1.54) is 16.3 Å². The summed E-state index contributed by atoms with van der Waals surface area (Å²) in [4.78, 5) is 15.1. The van der Waals surface area contributed by atoms with Gasteiger partial charge in [-0.05, 0) is 59.9 Å². The molecule has 1 unspecified atom stereocenters. The predicted molar refractivity (Wildman–Crippen MR) is 107 cm³/mol. The second-order valence-electron chi connectivity index (χ2n) is 7.23. The third-order valence-corrected chi connectivity index (χ3v) is 5.24. The van der Waals surface area contributed by atoms with Crippen LogP contribution in [-0.2, 0) is 11.2 Å². The molecule has 0 aromatic heterocycles. The molecule has 1 amide bonds. The molecule has 0 radical (unpaired) electrons.